The number of hydrogen-bond acceptors (Lipinski definition) is 5. The summed E-state index contributed by atoms with van der Waals surface area (Å²) in [5.74, 6) is -0.421. The molecule has 0 fully saturated rings. The van der Waals surface area contributed by atoms with Crippen LogP contribution < -0.4 is 15.5 Å². The third-order valence-electron chi connectivity index (χ3n) is 4.21. The van der Waals surface area contributed by atoms with Crippen molar-refractivity contribution < 1.29 is 14.5 Å². The Kier molecular flexibility index (Phi) is 5.27. The van der Waals surface area contributed by atoms with Gasteiger partial charge in [-0.3, -0.25) is 19.7 Å². The maximum Gasteiger partial charge on any atom is 0.289 e. The van der Waals surface area contributed by atoms with Gasteiger partial charge in [0.1, 0.15) is 5.02 Å². The number of fused-ring (bicyclic) bond motifs is 1. The molecule has 0 bridgehead atoms. The predicted molar refractivity (Wildman–Crippen MR) is 103 cm³/mol. The summed E-state index contributed by atoms with van der Waals surface area (Å²) in [6, 6.07) is 11.0. The summed E-state index contributed by atoms with van der Waals surface area (Å²) in [5.41, 5.74) is 1.36. The molecule has 0 aliphatic carbocycles. The fourth-order valence-corrected chi connectivity index (χ4v) is 3.18. The van der Waals surface area contributed by atoms with Crippen LogP contribution in [-0.4, -0.2) is 29.3 Å². The van der Waals surface area contributed by atoms with Crippen molar-refractivity contribution >= 4 is 46.2 Å². The first kappa shape index (κ1) is 18.7. The topological polar surface area (TPSA) is 105 Å². The SMILES string of the molecule is C[C@H]1CC(=O)Nc2ccccc2N1C(=O)CNc1ccc(Cl)c([N+](=O)[O-])c1. The van der Waals surface area contributed by atoms with Crippen molar-refractivity contribution in [2.75, 3.05) is 22.1 Å². The fourth-order valence-electron chi connectivity index (χ4n) is 2.99. The molecule has 0 saturated carbocycles. The van der Waals surface area contributed by atoms with Crippen LogP contribution in [0.3, 0.4) is 0 Å². The van der Waals surface area contributed by atoms with Gasteiger partial charge in [0.25, 0.3) is 5.69 Å². The second-order valence-corrected chi connectivity index (χ2v) is 6.57. The largest absolute Gasteiger partial charge is 0.376 e. The molecule has 2 aromatic carbocycles. The van der Waals surface area contributed by atoms with Crippen LogP contribution in [0.5, 0.6) is 0 Å². The van der Waals surface area contributed by atoms with Crippen molar-refractivity contribution in [3.8, 4) is 0 Å². The number of anilines is 3. The summed E-state index contributed by atoms with van der Waals surface area (Å²) in [4.78, 5) is 36.8. The number of halogens is 1. The van der Waals surface area contributed by atoms with Gasteiger partial charge in [-0.1, -0.05) is 23.7 Å². The van der Waals surface area contributed by atoms with Gasteiger partial charge in [-0.25, -0.2) is 0 Å². The quantitative estimate of drug-likeness (QED) is 0.616. The van der Waals surface area contributed by atoms with Crippen LogP contribution in [0, 0.1) is 10.1 Å². The summed E-state index contributed by atoms with van der Waals surface area (Å²) >= 11 is 5.80. The zero-order valence-corrected chi connectivity index (χ0v) is 15.2. The van der Waals surface area contributed by atoms with E-state index >= 15 is 0 Å². The summed E-state index contributed by atoms with van der Waals surface area (Å²) in [7, 11) is 0. The zero-order valence-electron chi connectivity index (χ0n) is 14.4. The second-order valence-electron chi connectivity index (χ2n) is 6.16. The molecule has 27 heavy (non-hydrogen) atoms. The summed E-state index contributed by atoms with van der Waals surface area (Å²) in [5, 5.41) is 16.7. The van der Waals surface area contributed by atoms with E-state index in [-0.39, 0.29) is 41.5 Å². The average Bonchev–Trinajstić information content (AvgIpc) is 2.74. The summed E-state index contributed by atoms with van der Waals surface area (Å²) in [6.45, 7) is 1.71. The number of nitro benzene ring substituents is 1. The van der Waals surface area contributed by atoms with Crippen LogP contribution in [-0.2, 0) is 9.59 Å². The average molecular weight is 389 g/mol. The van der Waals surface area contributed by atoms with Crippen LogP contribution in [0.4, 0.5) is 22.7 Å². The third kappa shape index (κ3) is 4.01. The number of nitrogens with one attached hydrogen (secondary N) is 2. The van der Waals surface area contributed by atoms with Gasteiger partial charge in [-0.15, -0.1) is 0 Å². The number of hydrogen-bond donors (Lipinski definition) is 2. The van der Waals surface area contributed by atoms with E-state index in [4.69, 9.17) is 11.6 Å². The van der Waals surface area contributed by atoms with Crippen molar-refractivity contribution in [2.45, 2.75) is 19.4 Å². The van der Waals surface area contributed by atoms with E-state index < -0.39 is 4.92 Å². The lowest BCUT2D eigenvalue weighted by molar-refractivity contribution is -0.384. The molecule has 3 rings (SSSR count). The minimum Gasteiger partial charge on any atom is -0.376 e. The molecule has 2 amide bonds. The van der Waals surface area contributed by atoms with Gasteiger partial charge in [0.05, 0.1) is 22.8 Å². The summed E-state index contributed by atoms with van der Waals surface area (Å²) in [6.07, 6.45) is 0.173. The molecule has 0 aromatic heterocycles. The number of carbonyl (C=O) groups excluding carboxylic acids is 2. The van der Waals surface area contributed by atoms with Crippen molar-refractivity contribution in [1.29, 1.82) is 0 Å². The van der Waals surface area contributed by atoms with Gasteiger partial charge in [0, 0.05) is 24.2 Å². The lowest BCUT2D eigenvalue weighted by Gasteiger charge is -2.28. The molecular formula is C18H17ClN4O4. The summed E-state index contributed by atoms with van der Waals surface area (Å²) < 4.78 is 0. The van der Waals surface area contributed by atoms with Gasteiger partial charge in [-0.2, -0.15) is 0 Å². The lowest BCUT2D eigenvalue weighted by Crippen LogP contribution is -2.42. The monoisotopic (exact) mass is 388 g/mol. The molecule has 2 aromatic rings. The number of amides is 2. The normalized spacial score (nSPS) is 16.1. The highest BCUT2D eigenvalue weighted by molar-refractivity contribution is 6.32. The molecule has 140 valence electrons. The number of benzene rings is 2. The van der Waals surface area contributed by atoms with Crippen molar-refractivity contribution in [3.63, 3.8) is 0 Å². The Hall–Kier alpha value is -3.13. The van der Waals surface area contributed by atoms with E-state index in [1.165, 1.54) is 12.1 Å². The molecule has 0 radical (unpaired) electrons. The number of nitrogens with zero attached hydrogens (tertiary/aromatic N) is 2. The number of rotatable bonds is 4. The van der Waals surface area contributed by atoms with Crippen LogP contribution >= 0.6 is 11.6 Å². The Morgan fingerprint density at radius 2 is 2.11 bits per heavy atom. The Morgan fingerprint density at radius 3 is 2.85 bits per heavy atom. The maximum atomic E-state index is 12.9. The molecule has 9 heteroatoms. The molecule has 1 aliphatic rings. The molecule has 2 N–H and O–H groups in total. The molecule has 0 spiro atoms. The van der Waals surface area contributed by atoms with Crippen LogP contribution in [0.2, 0.25) is 5.02 Å². The van der Waals surface area contributed by atoms with Crippen molar-refractivity contribution in [1.82, 2.24) is 0 Å². The fraction of sp³-hybridized carbons (Fsp3) is 0.222. The molecule has 0 unspecified atom stereocenters. The van der Waals surface area contributed by atoms with Gasteiger partial charge in [0.15, 0.2) is 0 Å². The van der Waals surface area contributed by atoms with E-state index in [1.807, 2.05) is 0 Å². The van der Waals surface area contributed by atoms with Crippen molar-refractivity contribution in [2.24, 2.45) is 0 Å². The van der Waals surface area contributed by atoms with Crippen LogP contribution in [0.1, 0.15) is 13.3 Å². The first-order chi connectivity index (χ1) is 12.9. The Morgan fingerprint density at radius 1 is 1.37 bits per heavy atom. The standard InChI is InChI=1S/C18H17ClN4O4/c1-11-8-17(24)21-14-4-2-3-5-15(14)22(11)18(25)10-20-12-6-7-13(19)16(9-12)23(26)27/h2-7,9,11,20H,8,10H2,1H3,(H,21,24)/t11-/m0/s1. The molecule has 0 saturated heterocycles. The molecule has 1 atom stereocenters. The van der Waals surface area contributed by atoms with Crippen LogP contribution in [0.25, 0.3) is 0 Å². The number of para-hydroxylation sites is 2. The van der Waals surface area contributed by atoms with E-state index in [0.29, 0.717) is 17.1 Å². The maximum absolute atomic E-state index is 12.9. The van der Waals surface area contributed by atoms with Gasteiger partial charge in [-0.05, 0) is 31.2 Å². The number of carbonyl (C=O) groups is 2. The van der Waals surface area contributed by atoms with E-state index in [1.54, 1.807) is 42.2 Å². The minimum absolute atomic E-state index is 0.0246. The van der Waals surface area contributed by atoms with Gasteiger partial charge in [0.2, 0.25) is 11.8 Å². The third-order valence-corrected chi connectivity index (χ3v) is 4.53. The van der Waals surface area contributed by atoms with E-state index in [2.05, 4.69) is 10.6 Å². The lowest BCUT2D eigenvalue weighted by atomic mass is 10.1. The molecular weight excluding hydrogens is 372 g/mol. The van der Waals surface area contributed by atoms with E-state index in [0.717, 1.165) is 0 Å². The van der Waals surface area contributed by atoms with Crippen molar-refractivity contribution in [3.05, 3.63) is 57.6 Å². The first-order valence-corrected chi connectivity index (χ1v) is 8.63. The minimum atomic E-state index is -0.584. The smallest absolute Gasteiger partial charge is 0.289 e. The second kappa shape index (κ2) is 7.63. The number of nitro groups is 1. The predicted octanol–water partition coefficient (Wildman–Crippen LogP) is 3.42. The highest BCUT2D eigenvalue weighted by atomic mass is 35.5. The van der Waals surface area contributed by atoms with Gasteiger partial charge < -0.3 is 15.5 Å². The zero-order chi connectivity index (χ0) is 19.6. The molecule has 1 aliphatic heterocycles. The highest BCUT2D eigenvalue weighted by Crippen LogP contribution is 2.31. The Labute approximate surface area is 160 Å². The van der Waals surface area contributed by atoms with Gasteiger partial charge >= 0.3 is 0 Å². The molecule has 1 heterocycles. The highest BCUT2D eigenvalue weighted by Gasteiger charge is 2.29. The Balaban J connectivity index is 1.80. The first-order valence-electron chi connectivity index (χ1n) is 8.25. The molecule has 8 nitrogen and oxygen atoms in total. The van der Waals surface area contributed by atoms with Crippen LogP contribution in [0.15, 0.2) is 42.5 Å². The Bertz CT molecular complexity index is 918. The van der Waals surface area contributed by atoms with E-state index in [9.17, 15) is 19.7 Å².